The van der Waals surface area contributed by atoms with Gasteiger partial charge in [0.1, 0.15) is 0 Å². The van der Waals surface area contributed by atoms with Crippen LogP contribution < -0.4 is 25.8 Å². The molecule has 3 amide bonds. The molecule has 174 valence electrons. The van der Waals surface area contributed by atoms with Crippen molar-refractivity contribution in [3.8, 4) is 11.5 Å². The van der Waals surface area contributed by atoms with E-state index < -0.39 is 5.91 Å². The molecule has 0 spiro atoms. The zero-order valence-electron chi connectivity index (χ0n) is 18.6. The van der Waals surface area contributed by atoms with Crippen LogP contribution in [-0.4, -0.2) is 31.4 Å². The largest absolute Gasteiger partial charge is 0.493 e. The molecule has 0 bridgehead atoms. The number of benzene rings is 2. The van der Waals surface area contributed by atoms with Crippen LogP contribution in [0.25, 0.3) is 6.08 Å². The summed E-state index contributed by atoms with van der Waals surface area (Å²) in [6, 6.07) is 12.5. The van der Waals surface area contributed by atoms with E-state index in [1.807, 2.05) is 24.3 Å². The lowest BCUT2D eigenvalue weighted by Crippen LogP contribution is -2.21. The fourth-order valence-corrected chi connectivity index (χ4v) is 3.67. The number of amides is 3. The Morgan fingerprint density at radius 1 is 1.09 bits per heavy atom. The normalized spacial score (nSPS) is 13.6. The molecule has 33 heavy (non-hydrogen) atoms. The number of hydrogen-bond donors (Lipinski definition) is 3. The zero-order valence-corrected chi connectivity index (χ0v) is 18.6. The van der Waals surface area contributed by atoms with E-state index in [4.69, 9.17) is 15.2 Å². The lowest BCUT2D eigenvalue weighted by atomic mass is 10.1. The third-order valence-corrected chi connectivity index (χ3v) is 5.37. The van der Waals surface area contributed by atoms with Crippen LogP contribution in [0.2, 0.25) is 0 Å². The van der Waals surface area contributed by atoms with Gasteiger partial charge in [0.05, 0.1) is 7.11 Å². The van der Waals surface area contributed by atoms with Crippen molar-refractivity contribution in [3.05, 3.63) is 59.7 Å². The first kappa shape index (κ1) is 23.8. The van der Waals surface area contributed by atoms with Gasteiger partial charge in [-0.25, -0.2) is 0 Å². The summed E-state index contributed by atoms with van der Waals surface area (Å²) in [5.74, 6) is 0.134. The molecule has 1 aliphatic carbocycles. The standard InChI is InChI=1S/C25H29N3O5/c1-32-22-14-17(9-11-21(22)33-16-23(26)29)10-12-24(30)27-15-18-5-4-8-20(13-18)28-25(31)19-6-2-3-7-19/h4-5,8-14,19H,2-3,6-7,15-16H2,1H3,(H2,26,29)(H,27,30)(H,28,31). The van der Waals surface area contributed by atoms with Crippen LogP contribution in [0.15, 0.2) is 48.5 Å². The monoisotopic (exact) mass is 451 g/mol. The fourth-order valence-electron chi connectivity index (χ4n) is 3.67. The second-order valence-corrected chi connectivity index (χ2v) is 7.89. The minimum absolute atomic E-state index is 0.0677. The van der Waals surface area contributed by atoms with E-state index in [0.29, 0.717) is 18.0 Å². The van der Waals surface area contributed by atoms with Gasteiger partial charge in [0.2, 0.25) is 11.8 Å². The van der Waals surface area contributed by atoms with E-state index in [1.165, 1.54) is 13.2 Å². The van der Waals surface area contributed by atoms with Gasteiger partial charge in [0, 0.05) is 24.2 Å². The minimum atomic E-state index is -0.584. The summed E-state index contributed by atoms with van der Waals surface area (Å²) in [6.45, 7) is 0.0823. The molecule has 1 aliphatic rings. The van der Waals surface area contributed by atoms with E-state index >= 15 is 0 Å². The summed E-state index contributed by atoms with van der Waals surface area (Å²) in [7, 11) is 1.48. The molecule has 1 saturated carbocycles. The van der Waals surface area contributed by atoms with Crippen LogP contribution in [-0.2, 0) is 20.9 Å². The SMILES string of the molecule is COc1cc(C=CC(=O)NCc2cccc(NC(=O)C3CCCC3)c2)ccc1OCC(N)=O. The topological polar surface area (TPSA) is 120 Å². The van der Waals surface area contributed by atoms with Crippen LogP contribution in [0, 0.1) is 5.92 Å². The smallest absolute Gasteiger partial charge is 0.255 e. The highest BCUT2D eigenvalue weighted by Crippen LogP contribution is 2.28. The molecule has 2 aromatic carbocycles. The van der Waals surface area contributed by atoms with Crippen molar-refractivity contribution in [1.82, 2.24) is 5.32 Å². The maximum atomic E-state index is 12.3. The summed E-state index contributed by atoms with van der Waals surface area (Å²) < 4.78 is 10.6. The number of ether oxygens (including phenoxy) is 2. The lowest BCUT2D eigenvalue weighted by molar-refractivity contribution is -0.120. The Balaban J connectivity index is 1.52. The molecule has 0 heterocycles. The lowest BCUT2D eigenvalue weighted by Gasteiger charge is -2.11. The number of hydrogen-bond acceptors (Lipinski definition) is 5. The summed E-state index contributed by atoms with van der Waals surface area (Å²) in [5, 5.41) is 5.81. The molecule has 0 aliphatic heterocycles. The van der Waals surface area contributed by atoms with Crippen LogP contribution >= 0.6 is 0 Å². The van der Waals surface area contributed by atoms with Crippen molar-refractivity contribution in [3.63, 3.8) is 0 Å². The second kappa shape index (κ2) is 11.7. The maximum Gasteiger partial charge on any atom is 0.255 e. The van der Waals surface area contributed by atoms with Gasteiger partial charge in [-0.15, -0.1) is 0 Å². The highest BCUT2D eigenvalue weighted by Gasteiger charge is 2.22. The highest BCUT2D eigenvalue weighted by atomic mass is 16.5. The van der Waals surface area contributed by atoms with E-state index in [-0.39, 0.29) is 24.3 Å². The molecule has 0 aromatic heterocycles. The maximum absolute atomic E-state index is 12.3. The number of carbonyl (C=O) groups is 3. The first-order valence-corrected chi connectivity index (χ1v) is 10.9. The molecule has 1 fully saturated rings. The number of nitrogens with two attached hydrogens (primary N) is 1. The molecular formula is C25H29N3O5. The molecule has 0 radical (unpaired) electrons. The van der Waals surface area contributed by atoms with E-state index in [0.717, 1.165) is 42.5 Å². The fraction of sp³-hybridized carbons (Fsp3) is 0.320. The Morgan fingerprint density at radius 3 is 2.61 bits per heavy atom. The van der Waals surface area contributed by atoms with Crippen LogP contribution in [0.4, 0.5) is 5.69 Å². The Labute approximate surface area is 193 Å². The average Bonchev–Trinajstić information content (AvgIpc) is 3.36. The first-order chi connectivity index (χ1) is 15.9. The van der Waals surface area contributed by atoms with Crippen molar-refractivity contribution in [2.45, 2.75) is 32.2 Å². The first-order valence-electron chi connectivity index (χ1n) is 10.9. The number of anilines is 1. The third-order valence-electron chi connectivity index (χ3n) is 5.37. The number of rotatable bonds is 10. The zero-order chi connectivity index (χ0) is 23.6. The van der Waals surface area contributed by atoms with Gasteiger partial charge >= 0.3 is 0 Å². The van der Waals surface area contributed by atoms with E-state index in [2.05, 4.69) is 10.6 Å². The number of methoxy groups -OCH3 is 1. The quantitative estimate of drug-likeness (QED) is 0.480. The Hall–Kier alpha value is -3.81. The Kier molecular flexibility index (Phi) is 8.46. The summed E-state index contributed by atoms with van der Waals surface area (Å²) in [4.78, 5) is 35.5. The van der Waals surface area contributed by atoms with Crippen LogP contribution in [0.1, 0.15) is 36.8 Å². The van der Waals surface area contributed by atoms with Crippen molar-refractivity contribution in [2.24, 2.45) is 11.7 Å². The van der Waals surface area contributed by atoms with E-state index in [1.54, 1.807) is 24.3 Å². The number of primary amides is 1. The van der Waals surface area contributed by atoms with Gasteiger partial charge in [0.25, 0.3) is 5.91 Å². The van der Waals surface area contributed by atoms with Gasteiger partial charge in [-0.3, -0.25) is 14.4 Å². The van der Waals surface area contributed by atoms with Gasteiger partial charge in [-0.2, -0.15) is 0 Å². The molecule has 8 nitrogen and oxygen atoms in total. The molecule has 3 rings (SSSR count). The van der Waals surface area contributed by atoms with Gasteiger partial charge in [0.15, 0.2) is 18.1 Å². The minimum Gasteiger partial charge on any atom is -0.493 e. The summed E-state index contributed by atoms with van der Waals surface area (Å²) >= 11 is 0. The Bertz CT molecular complexity index is 1030. The number of nitrogens with one attached hydrogen (secondary N) is 2. The third kappa shape index (κ3) is 7.38. The van der Waals surface area contributed by atoms with Crippen LogP contribution in [0.3, 0.4) is 0 Å². The predicted molar refractivity (Wildman–Crippen MR) is 126 cm³/mol. The number of carbonyl (C=O) groups excluding carboxylic acids is 3. The molecule has 0 saturated heterocycles. The molecular weight excluding hydrogens is 422 g/mol. The van der Waals surface area contributed by atoms with Gasteiger partial charge in [-0.05, 0) is 54.3 Å². The van der Waals surface area contributed by atoms with E-state index in [9.17, 15) is 14.4 Å². The van der Waals surface area contributed by atoms with Crippen LogP contribution in [0.5, 0.6) is 11.5 Å². The molecule has 4 N–H and O–H groups in total. The molecule has 2 aromatic rings. The molecule has 8 heteroatoms. The van der Waals surface area contributed by atoms with Crippen molar-refractivity contribution in [2.75, 3.05) is 19.0 Å². The van der Waals surface area contributed by atoms with Gasteiger partial charge in [-0.1, -0.05) is 31.0 Å². The summed E-state index contributed by atoms with van der Waals surface area (Å²) in [5.41, 5.74) is 7.44. The average molecular weight is 452 g/mol. The van der Waals surface area contributed by atoms with Crippen molar-refractivity contribution < 1.29 is 23.9 Å². The second-order valence-electron chi connectivity index (χ2n) is 7.89. The highest BCUT2D eigenvalue weighted by molar-refractivity contribution is 5.93. The molecule has 0 atom stereocenters. The van der Waals surface area contributed by atoms with Crippen molar-refractivity contribution in [1.29, 1.82) is 0 Å². The Morgan fingerprint density at radius 2 is 1.88 bits per heavy atom. The summed E-state index contributed by atoms with van der Waals surface area (Å²) in [6.07, 6.45) is 7.18. The van der Waals surface area contributed by atoms with Gasteiger partial charge < -0.3 is 25.8 Å². The molecule has 0 unspecified atom stereocenters. The van der Waals surface area contributed by atoms with Crippen molar-refractivity contribution >= 4 is 29.5 Å². The predicted octanol–water partition coefficient (Wildman–Crippen LogP) is 3.02.